The lowest BCUT2D eigenvalue weighted by Crippen LogP contribution is -2.24. The van der Waals surface area contributed by atoms with Crippen LogP contribution >= 0.6 is 0 Å². The van der Waals surface area contributed by atoms with Gasteiger partial charge < -0.3 is 10.1 Å². The fourth-order valence-corrected chi connectivity index (χ4v) is 1.27. The minimum Gasteiger partial charge on any atom is -0.472 e. The molecule has 90 valence electrons. The van der Waals surface area contributed by atoms with E-state index >= 15 is 0 Å². The van der Waals surface area contributed by atoms with Crippen molar-refractivity contribution in [1.82, 2.24) is 9.97 Å². The summed E-state index contributed by atoms with van der Waals surface area (Å²) in [6.07, 6.45) is 0.805. The van der Waals surface area contributed by atoms with E-state index in [1.54, 1.807) is 0 Å². The smallest absolute Gasteiger partial charge is 0.219 e. The van der Waals surface area contributed by atoms with E-state index in [-0.39, 0.29) is 5.60 Å². The molecule has 1 rings (SSSR count). The molecule has 0 atom stereocenters. The van der Waals surface area contributed by atoms with Crippen LogP contribution in [0.25, 0.3) is 0 Å². The Balaban J connectivity index is 2.95. The number of nitrogens with zero attached hydrogens (tertiary/aromatic N) is 2. The first-order chi connectivity index (χ1) is 7.44. The summed E-state index contributed by atoms with van der Waals surface area (Å²) in [5.74, 6) is 2.27. The molecule has 1 N–H and O–H groups in total. The lowest BCUT2D eigenvalue weighted by Gasteiger charge is -2.21. The number of aromatic nitrogens is 2. The fraction of sp³-hybridized carbons (Fsp3) is 0.667. The van der Waals surface area contributed by atoms with Gasteiger partial charge in [0.2, 0.25) is 5.88 Å². The van der Waals surface area contributed by atoms with Gasteiger partial charge in [0, 0.05) is 19.0 Å². The Morgan fingerprint density at radius 1 is 1.25 bits per heavy atom. The monoisotopic (exact) mass is 223 g/mol. The van der Waals surface area contributed by atoms with Crippen LogP contribution in [0.2, 0.25) is 0 Å². The maximum absolute atomic E-state index is 5.74. The minimum atomic E-state index is -0.233. The molecule has 0 fully saturated rings. The molecule has 0 aromatic carbocycles. The zero-order valence-electron chi connectivity index (χ0n) is 10.8. The van der Waals surface area contributed by atoms with Crippen molar-refractivity contribution in [3.8, 4) is 5.88 Å². The molecule has 1 aromatic heterocycles. The highest BCUT2D eigenvalue weighted by Gasteiger charge is 2.14. The number of hydrogen-bond acceptors (Lipinski definition) is 4. The van der Waals surface area contributed by atoms with Crippen LogP contribution in [0.1, 0.15) is 40.4 Å². The van der Waals surface area contributed by atoms with E-state index in [0.717, 1.165) is 24.6 Å². The minimum absolute atomic E-state index is 0.233. The Hall–Kier alpha value is -1.32. The molecule has 1 aromatic rings. The maximum atomic E-state index is 5.74. The number of nitrogens with one attached hydrogen (secondary N) is 1. The summed E-state index contributed by atoms with van der Waals surface area (Å²) in [6.45, 7) is 10.9. The van der Waals surface area contributed by atoms with Gasteiger partial charge in [-0.05, 0) is 27.7 Å². The van der Waals surface area contributed by atoms with E-state index in [1.807, 2.05) is 40.7 Å². The highest BCUT2D eigenvalue weighted by Crippen LogP contribution is 2.18. The van der Waals surface area contributed by atoms with E-state index in [4.69, 9.17) is 4.74 Å². The molecule has 0 aliphatic heterocycles. The lowest BCUT2D eigenvalue weighted by atomic mass is 10.2. The largest absolute Gasteiger partial charge is 0.472 e. The van der Waals surface area contributed by atoms with Crippen LogP contribution in [0.4, 0.5) is 5.82 Å². The molecule has 16 heavy (non-hydrogen) atoms. The molecule has 0 amide bonds. The van der Waals surface area contributed by atoms with Crippen LogP contribution in [0.3, 0.4) is 0 Å². The van der Waals surface area contributed by atoms with Gasteiger partial charge in [0.15, 0.2) is 0 Å². The van der Waals surface area contributed by atoms with Crippen LogP contribution < -0.4 is 10.1 Å². The fourth-order valence-electron chi connectivity index (χ4n) is 1.27. The molecule has 0 aliphatic rings. The van der Waals surface area contributed by atoms with Gasteiger partial charge in [0.1, 0.15) is 17.2 Å². The third kappa shape index (κ3) is 4.04. The second kappa shape index (κ2) is 5.14. The van der Waals surface area contributed by atoms with Gasteiger partial charge in [0.25, 0.3) is 0 Å². The summed E-state index contributed by atoms with van der Waals surface area (Å²) >= 11 is 0. The molecule has 0 saturated carbocycles. The first-order valence-corrected chi connectivity index (χ1v) is 5.75. The Bertz CT molecular complexity index is 345. The maximum Gasteiger partial charge on any atom is 0.219 e. The van der Waals surface area contributed by atoms with Gasteiger partial charge in [-0.1, -0.05) is 6.92 Å². The van der Waals surface area contributed by atoms with Gasteiger partial charge in [-0.15, -0.1) is 0 Å². The molecule has 1 heterocycles. The number of ether oxygens (including phenoxy) is 1. The van der Waals surface area contributed by atoms with Gasteiger partial charge >= 0.3 is 0 Å². The van der Waals surface area contributed by atoms with E-state index in [9.17, 15) is 0 Å². The molecule has 0 bridgehead atoms. The average molecular weight is 223 g/mol. The third-order valence-electron chi connectivity index (χ3n) is 1.83. The molecule has 0 saturated heterocycles. The van der Waals surface area contributed by atoms with Gasteiger partial charge in [-0.3, -0.25) is 0 Å². The van der Waals surface area contributed by atoms with Crippen LogP contribution in [0, 0.1) is 0 Å². The number of aryl methyl sites for hydroxylation is 1. The summed E-state index contributed by atoms with van der Waals surface area (Å²) in [5.41, 5.74) is -0.233. The summed E-state index contributed by atoms with van der Waals surface area (Å²) in [5, 5.41) is 3.18. The number of rotatable bonds is 4. The average Bonchev–Trinajstić information content (AvgIpc) is 2.15. The van der Waals surface area contributed by atoms with Crippen molar-refractivity contribution in [2.24, 2.45) is 0 Å². The zero-order chi connectivity index (χ0) is 12.2. The summed E-state index contributed by atoms with van der Waals surface area (Å²) in [7, 11) is 0. The lowest BCUT2D eigenvalue weighted by molar-refractivity contribution is 0.123. The molecule has 4 heteroatoms. The summed E-state index contributed by atoms with van der Waals surface area (Å²) in [6, 6.07) is 1.84. The number of hydrogen-bond donors (Lipinski definition) is 1. The Labute approximate surface area is 97.5 Å². The Kier molecular flexibility index (Phi) is 4.10. The van der Waals surface area contributed by atoms with Gasteiger partial charge in [-0.2, -0.15) is 4.98 Å². The molecular weight excluding hydrogens is 202 g/mol. The highest BCUT2D eigenvalue weighted by molar-refractivity contribution is 5.38. The normalized spacial score (nSPS) is 11.3. The predicted molar refractivity (Wildman–Crippen MR) is 66.0 cm³/mol. The Morgan fingerprint density at radius 2 is 1.94 bits per heavy atom. The van der Waals surface area contributed by atoms with E-state index in [0.29, 0.717) is 5.88 Å². The standard InChI is InChI=1S/C12H21N3O/c1-6-9-14-10(13-7-2)8-11(15-9)16-12(3,4)5/h8H,6-7H2,1-5H3,(H,13,14,15). The summed E-state index contributed by atoms with van der Waals surface area (Å²) in [4.78, 5) is 8.72. The first-order valence-electron chi connectivity index (χ1n) is 5.75. The predicted octanol–water partition coefficient (Wildman–Crippen LogP) is 2.65. The van der Waals surface area contributed by atoms with E-state index < -0.39 is 0 Å². The molecule has 0 aliphatic carbocycles. The van der Waals surface area contributed by atoms with Crippen LogP contribution in [-0.2, 0) is 6.42 Å². The van der Waals surface area contributed by atoms with E-state index in [1.165, 1.54) is 0 Å². The van der Waals surface area contributed by atoms with Crippen molar-refractivity contribution in [2.75, 3.05) is 11.9 Å². The Morgan fingerprint density at radius 3 is 2.44 bits per heavy atom. The zero-order valence-corrected chi connectivity index (χ0v) is 10.8. The third-order valence-corrected chi connectivity index (χ3v) is 1.83. The quantitative estimate of drug-likeness (QED) is 0.852. The van der Waals surface area contributed by atoms with Crippen molar-refractivity contribution >= 4 is 5.82 Å². The SMILES string of the molecule is CCNc1cc(OC(C)(C)C)nc(CC)n1. The van der Waals surface area contributed by atoms with Crippen LogP contribution in [0.5, 0.6) is 5.88 Å². The van der Waals surface area contributed by atoms with Crippen molar-refractivity contribution in [1.29, 1.82) is 0 Å². The molecule has 0 unspecified atom stereocenters. The molecule has 0 spiro atoms. The van der Waals surface area contributed by atoms with Crippen molar-refractivity contribution in [3.63, 3.8) is 0 Å². The molecule has 4 nitrogen and oxygen atoms in total. The highest BCUT2D eigenvalue weighted by atomic mass is 16.5. The molecule has 0 radical (unpaired) electrons. The van der Waals surface area contributed by atoms with Crippen LogP contribution in [-0.4, -0.2) is 22.1 Å². The number of anilines is 1. The van der Waals surface area contributed by atoms with Crippen molar-refractivity contribution in [2.45, 2.75) is 46.6 Å². The first kappa shape index (κ1) is 12.7. The van der Waals surface area contributed by atoms with Crippen molar-refractivity contribution in [3.05, 3.63) is 11.9 Å². The summed E-state index contributed by atoms with van der Waals surface area (Å²) < 4.78 is 5.74. The van der Waals surface area contributed by atoms with Crippen molar-refractivity contribution < 1.29 is 4.74 Å². The second-order valence-corrected chi connectivity index (χ2v) is 4.61. The topological polar surface area (TPSA) is 47.0 Å². The van der Waals surface area contributed by atoms with Gasteiger partial charge in [0.05, 0.1) is 0 Å². The second-order valence-electron chi connectivity index (χ2n) is 4.61. The molecular formula is C12H21N3O. The van der Waals surface area contributed by atoms with Gasteiger partial charge in [-0.25, -0.2) is 4.98 Å². The van der Waals surface area contributed by atoms with Crippen LogP contribution in [0.15, 0.2) is 6.07 Å². The van der Waals surface area contributed by atoms with E-state index in [2.05, 4.69) is 15.3 Å².